The summed E-state index contributed by atoms with van der Waals surface area (Å²) in [6.45, 7) is 6.19. The summed E-state index contributed by atoms with van der Waals surface area (Å²) in [4.78, 5) is 98.5. The van der Waals surface area contributed by atoms with E-state index in [1.54, 1.807) is 24.3 Å². The molecule has 0 saturated carbocycles. The number of carbonyl (C=O) groups excluding carboxylic acids is 8. The predicted octanol–water partition coefficient (Wildman–Crippen LogP) is 4.32. The quantitative estimate of drug-likeness (QED) is 0.101. The van der Waals surface area contributed by atoms with Crippen LogP contribution in [0.1, 0.15) is 75.6 Å². The Bertz CT molecular complexity index is 2170. The van der Waals surface area contributed by atoms with Crippen LogP contribution in [-0.2, 0) is 57.2 Å². The van der Waals surface area contributed by atoms with Crippen molar-refractivity contribution in [3.8, 4) is 28.7 Å². The van der Waals surface area contributed by atoms with Gasteiger partial charge in [-0.3, -0.25) is 33.6 Å². The van der Waals surface area contributed by atoms with Crippen LogP contribution in [-0.4, -0.2) is 84.9 Å². The van der Waals surface area contributed by atoms with Gasteiger partial charge in [-0.15, -0.1) is 0 Å². The lowest BCUT2D eigenvalue weighted by Gasteiger charge is -2.44. The maximum absolute atomic E-state index is 13.6. The minimum atomic E-state index is -1.70. The molecule has 0 bridgehead atoms. The highest BCUT2D eigenvalue weighted by molar-refractivity contribution is 6.03. The van der Waals surface area contributed by atoms with Crippen LogP contribution in [0.4, 0.5) is 0 Å². The minimum Gasteiger partial charge on any atom is -0.484 e. The fraction of sp³-hybridized carbons (Fsp3) is 0.333. The van der Waals surface area contributed by atoms with Crippen molar-refractivity contribution in [2.45, 2.75) is 84.8 Å². The van der Waals surface area contributed by atoms with Crippen LogP contribution in [0, 0.1) is 0 Å². The number of Topliss-reactive ketones (excluding diaryl/α,β-unsaturated/α-hetero) is 1. The molecular weight excluding hydrogens is 792 g/mol. The first-order valence-electron chi connectivity index (χ1n) is 18.3. The van der Waals surface area contributed by atoms with E-state index in [1.807, 2.05) is 0 Å². The molecule has 18 heteroatoms. The molecule has 5 unspecified atom stereocenters. The average Bonchev–Trinajstić information content (AvgIpc) is 3.15. The standard InChI is InChI=1S/C42H40O18/c1-21(43)52-29-12-7-27(8-13-29)9-16-37(50)51-20-36-39(55-24(4)46)40(56-25(5)47)41(57-26(6)48)42(60-36)58-31-17-34(54-23(3)45)38-32(49)19-33(59-35(38)18-31)28-10-14-30(15-11-28)53-22(2)44/h7-18,33,36,39-42H,19-20H2,1-6H3/b16-9+/t33-,36?,39?,40?,41?,42?/m1/s1. The first-order chi connectivity index (χ1) is 28.4. The summed E-state index contributed by atoms with van der Waals surface area (Å²) in [5.41, 5.74) is 1.02. The zero-order valence-electron chi connectivity index (χ0n) is 33.2. The Labute approximate surface area is 342 Å². The van der Waals surface area contributed by atoms with Gasteiger partial charge >= 0.3 is 41.8 Å². The van der Waals surface area contributed by atoms with Gasteiger partial charge in [0.2, 0.25) is 12.4 Å². The SMILES string of the molecule is CC(=O)Oc1ccc(/C=C/C(=O)OCC2OC(Oc3cc(OC(C)=O)c4c(c3)O[C@@H](c3ccc(OC(C)=O)cc3)CC4=O)C(OC(C)=O)C(OC(C)=O)C2OC(C)=O)cc1. The Hall–Kier alpha value is -7.08. The van der Waals surface area contributed by atoms with E-state index in [-0.39, 0.29) is 35.0 Å². The van der Waals surface area contributed by atoms with Crippen molar-refractivity contribution < 1.29 is 85.7 Å². The van der Waals surface area contributed by atoms with Gasteiger partial charge in [0.1, 0.15) is 53.1 Å². The lowest BCUT2D eigenvalue weighted by molar-refractivity contribution is -0.288. The number of esters is 7. The van der Waals surface area contributed by atoms with Crippen LogP contribution in [0.5, 0.6) is 28.7 Å². The van der Waals surface area contributed by atoms with Gasteiger partial charge in [-0.2, -0.15) is 0 Å². The van der Waals surface area contributed by atoms with Crippen LogP contribution >= 0.6 is 0 Å². The summed E-state index contributed by atoms with van der Waals surface area (Å²) in [7, 11) is 0. The number of hydrogen-bond acceptors (Lipinski definition) is 18. The first-order valence-corrected chi connectivity index (χ1v) is 18.3. The molecule has 0 aromatic heterocycles. The Kier molecular flexibility index (Phi) is 14.4. The number of hydrogen-bond donors (Lipinski definition) is 0. The Morgan fingerprint density at radius 1 is 0.650 bits per heavy atom. The zero-order valence-corrected chi connectivity index (χ0v) is 33.2. The number of carbonyl (C=O) groups is 8. The summed E-state index contributed by atoms with van der Waals surface area (Å²) in [5.74, 6) is -5.63. The predicted molar refractivity (Wildman–Crippen MR) is 202 cm³/mol. The molecule has 60 heavy (non-hydrogen) atoms. The van der Waals surface area contributed by atoms with Crippen LogP contribution < -0.4 is 23.7 Å². The molecule has 3 aromatic carbocycles. The highest BCUT2D eigenvalue weighted by Crippen LogP contribution is 2.44. The second-order valence-corrected chi connectivity index (χ2v) is 13.3. The van der Waals surface area contributed by atoms with Gasteiger partial charge in [0.15, 0.2) is 18.0 Å². The lowest BCUT2D eigenvalue weighted by Crippen LogP contribution is -2.63. The van der Waals surface area contributed by atoms with E-state index < -0.39 is 91.0 Å². The summed E-state index contributed by atoms with van der Waals surface area (Å²) >= 11 is 0. The van der Waals surface area contributed by atoms with Gasteiger partial charge in [0.05, 0.1) is 6.42 Å². The summed E-state index contributed by atoms with van der Waals surface area (Å²) in [6.07, 6.45) is -6.35. The summed E-state index contributed by atoms with van der Waals surface area (Å²) < 4.78 is 56.0. The van der Waals surface area contributed by atoms with Crippen molar-refractivity contribution >= 4 is 53.6 Å². The van der Waals surface area contributed by atoms with Crippen molar-refractivity contribution in [3.05, 3.63) is 83.4 Å². The fourth-order valence-corrected chi connectivity index (χ4v) is 6.21. The highest BCUT2D eigenvalue weighted by Gasteiger charge is 2.53. The topological polar surface area (TPSA) is 229 Å². The number of benzene rings is 3. The molecule has 316 valence electrons. The molecule has 2 aliphatic heterocycles. The van der Waals surface area contributed by atoms with E-state index in [1.165, 1.54) is 56.3 Å². The molecule has 0 amide bonds. The molecule has 0 N–H and O–H groups in total. The monoisotopic (exact) mass is 832 g/mol. The normalized spacial score (nSPS) is 20.7. The smallest absolute Gasteiger partial charge is 0.330 e. The molecule has 2 heterocycles. The number of ether oxygens (including phenoxy) is 10. The molecule has 1 fully saturated rings. The third-order valence-electron chi connectivity index (χ3n) is 8.42. The molecule has 3 aromatic rings. The molecule has 6 atom stereocenters. The van der Waals surface area contributed by atoms with E-state index >= 15 is 0 Å². The molecule has 5 rings (SSSR count). The number of rotatable bonds is 13. The van der Waals surface area contributed by atoms with E-state index in [0.717, 1.165) is 33.8 Å². The summed E-state index contributed by atoms with van der Waals surface area (Å²) in [6, 6.07) is 15.0. The van der Waals surface area contributed by atoms with Crippen LogP contribution in [0.25, 0.3) is 6.08 Å². The maximum atomic E-state index is 13.6. The van der Waals surface area contributed by atoms with Crippen molar-refractivity contribution in [1.82, 2.24) is 0 Å². The van der Waals surface area contributed by atoms with Crippen molar-refractivity contribution in [2.75, 3.05) is 6.61 Å². The number of ketones is 1. The van der Waals surface area contributed by atoms with Gasteiger partial charge in [-0.25, -0.2) is 4.79 Å². The third-order valence-corrected chi connectivity index (χ3v) is 8.42. The second-order valence-electron chi connectivity index (χ2n) is 13.3. The largest absolute Gasteiger partial charge is 0.484 e. The van der Waals surface area contributed by atoms with Crippen LogP contribution in [0.3, 0.4) is 0 Å². The van der Waals surface area contributed by atoms with Gasteiger partial charge in [-0.05, 0) is 41.5 Å². The van der Waals surface area contributed by atoms with Gasteiger partial charge in [0, 0.05) is 59.8 Å². The minimum absolute atomic E-state index is 0.0680. The van der Waals surface area contributed by atoms with Crippen LogP contribution in [0.2, 0.25) is 0 Å². The molecule has 1 saturated heterocycles. The third kappa shape index (κ3) is 12.0. The summed E-state index contributed by atoms with van der Waals surface area (Å²) in [5, 5.41) is 0. The van der Waals surface area contributed by atoms with Crippen molar-refractivity contribution in [2.24, 2.45) is 0 Å². The molecule has 18 nitrogen and oxygen atoms in total. The van der Waals surface area contributed by atoms with Crippen LogP contribution in [0.15, 0.2) is 66.7 Å². The molecule has 0 spiro atoms. The van der Waals surface area contributed by atoms with Crippen molar-refractivity contribution in [1.29, 1.82) is 0 Å². The molecule has 0 radical (unpaired) electrons. The Balaban J connectivity index is 1.46. The average molecular weight is 833 g/mol. The highest BCUT2D eigenvalue weighted by atomic mass is 16.7. The maximum Gasteiger partial charge on any atom is 0.330 e. The number of fused-ring (bicyclic) bond motifs is 1. The lowest BCUT2D eigenvalue weighted by atomic mass is 9.95. The van der Waals surface area contributed by atoms with Crippen molar-refractivity contribution in [3.63, 3.8) is 0 Å². The van der Waals surface area contributed by atoms with Gasteiger partial charge < -0.3 is 47.4 Å². The van der Waals surface area contributed by atoms with E-state index in [9.17, 15) is 38.4 Å². The van der Waals surface area contributed by atoms with E-state index in [2.05, 4.69) is 0 Å². The molecular formula is C42H40O18. The van der Waals surface area contributed by atoms with Gasteiger partial charge in [-0.1, -0.05) is 24.3 Å². The molecule has 2 aliphatic rings. The van der Waals surface area contributed by atoms with E-state index in [4.69, 9.17) is 47.4 Å². The molecule has 0 aliphatic carbocycles. The second kappa shape index (κ2) is 19.6. The fourth-order valence-electron chi connectivity index (χ4n) is 6.21. The van der Waals surface area contributed by atoms with Gasteiger partial charge in [0.25, 0.3) is 0 Å². The first kappa shape index (κ1) is 44.0. The Morgan fingerprint density at radius 3 is 1.77 bits per heavy atom. The van der Waals surface area contributed by atoms with E-state index in [0.29, 0.717) is 16.9 Å². The Morgan fingerprint density at radius 2 is 1.20 bits per heavy atom. The zero-order chi connectivity index (χ0) is 43.7.